The average molecular weight is 220 g/mol. The first kappa shape index (κ1) is 9.94. The largest absolute Gasteiger partial charge is 0.396 e. The van der Waals surface area contributed by atoms with Crippen LogP contribution < -0.4 is 0 Å². The van der Waals surface area contributed by atoms with Crippen LogP contribution in [0.3, 0.4) is 0 Å². The highest BCUT2D eigenvalue weighted by atomic mass is 16.3. The molecule has 0 aromatic heterocycles. The Kier molecular flexibility index (Phi) is 1.57. The van der Waals surface area contributed by atoms with Crippen molar-refractivity contribution in [2.75, 3.05) is 6.61 Å². The maximum Gasteiger partial charge on any atom is 0.0459 e. The lowest BCUT2D eigenvalue weighted by atomic mass is 9.61. The third-order valence-electron chi connectivity index (χ3n) is 7.73. The van der Waals surface area contributed by atoms with Crippen molar-refractivity contribution < 1.29 is 5.11 Å². The molecule has 6 bridgehead atoms. The summed E-state index contributed by atoms with van der Waals surface area (Å²) >= 11 is 0. The molecule has 0 saturated heterocycles. The lowest BCUT2D eigenvalue weighted by molar-refractivity contribution is 0.0302. The molecule has 0 heterocycles. The first-order chi connectivity index (χ1) is 7.55. The molecular weight excluding hydrogens is 196 g/mol. The molecule has 5 saturated carbocycles. The van der Waals surface area contributed by atoms with Crippen LogP contribution in [-0.4, -0.2) is 11.7 Å². The summed E-state index contributed by atoms with van der Waals surface area (Å²) in [5, 5.41) is 9.44. The van der Waals surface area contributed by atoms with E-state index >= 15 is 0 Å². The Morgan fingerprint density at radius 3 is 2.69 bits per heavy atom. The molecule has 1 N–H and O–H groups in total. The van der Waals surface area contributed by atoms with Gasteiger partial charge in [-0.15, -0.1) is 0 Å². The van der Waals surface area contributed by atoms with Crippen molar-refractivity contribution in [1.82, 2.24) is 0 Å². The van der Waals surface area contributed by atoms with E-state index in [0.717, 1.165) is 29.6 Å². The summed E-state index contributed by atoms with van der Waals surface area (Å²) < 4.78 is 0. The molecule has 5 rings (SSSR count). The second-order valence-electron chi connectivity index (χ2n) is 7.61. The molecule has 0 aliphatic heterocycles. The third-order valence-corrected chi connectivity index (χ3v) is 7.73. The maximum atomic E-state index is 9.44. The van der Waals surface area contributed by atoms with Crippen molar-refractivity contribution in [2.45, 2.75) is 40.0 Å². The molecule has 8 atom stereocenters. The lowest BCUT2D eigenvalue weighted by Gasteiger charge is -2.44. The zero-order valence-electron chi connectivity index (χ0n) is 10.7. The van der Waals surface area contributed by atoms with Crippen molar-refractivity contribution in [2.24, 2.45) is 46.3 Å². The Hall–Kier alpha value is -0.0400. The molecule has 0 aromatic rings. The van der Waals surface area contributed by atoms with E-state index in [4.69, 9.17) is 0 Å². The molecule has 0 aromatic carbocycles. The van der Waals surface area contributed by atoms with E-state index in [9.17, 15) is 5.11 Å². The van der Waals surface area contributed by atoms with Crippen molar-refractivity contribution in [3.8, 4) is 0 Å². The van der Waals surface area contributed by atoms with Gasteiger partial charge in [0, 0.05) is 6.61 Å². The Morgan fingerprint density at radius 2 is 2.06 bits per heavy atom. The lowest BCUT2D eigenvalue weighted by Crippen LogP contribution is -2.38. The molecule has 1 heteroatoms. The molecule has 1 nitrogen and oxygen atoms in total. The van der Waals surface area contributed by atoms with Crippen LogP contribution in [0.25, 0.3) is 0 Å². The van der Waals surface area contributed by atoms with Crippen LogP contribution >= 0.6 is 0 Å². The van der Waals surface area contributed by atoms with Gasteiger partial charge in [0.1, 0.15) is 0 Å². The third kappa shape index (κ3) is 0.723. The van der Waals surface area contributed by atoms with E-state index < -0.39 is 0 Å². The fraction of sp³-hybridized carbons (Fsp3) is 1.00. The van der Waals surface area contributed by atoms with Gasteiger partial charge in [-0.2, -0.15) is 0 Å². The highest BCUT2D eigenvalue weighted by Gasteiger charge is 2.86. The summed E-state index contributed by atoms with van der Waals surface area (Å²) in [5.74, 6) is 5.49. The molecule has 5 aliphatic carbocycles. The first-order valence-corrected chi connectivity index (χ1v) is 7.16. The average Bonchev–Trinajstić information content (AvgIpc) is 2.58. The highest BCUT2D eigenvalue weighted by molar-refractivity contribution is 5.33. The summed E-state index contributed by atoms with van der Waals surface area (Å²) in [6.45, 7) is 7.83. The van der Waals surface area contributed by atoms with Gasteiger partial charge in [-0.1, -0.05) is 20.8 Å². The molecule has 0 spiro atoms. The van der Waals surface area contributed by atoms with Crippen molar-refractivity contribution in [3.05, 3.63) is 0 Å². The van der Waals surface area contributed by atoms with Gasteiger partial charge in [0.2, 0.25) is 0 Å². The van der Waals surface area contributed by atoms with Crippen molar-refractivity contribution >= 4 is 0 Å². The summed E-state index contributed by atoms with van der Waals surface area (Å²) in [7, 11) is 0. The summed E-state index contributed by atoms with van der Waals surface area (Å²) in [4.78, 5) is 0. The second-order valence-corrected chi connectivity index (χ2v) is 7.61. The number of rotatable bonds is 2. The number of aliphatic hydroxyl groups is 1. The topological polar surface area (TPSA) is 20.2 Å². The van der Waals surface area contributed by atoms with E-state index in [1.54, 1.807) is 0 Å². The predicted molar refractivity (Wildman–Crippen MR) is 63.8 cm³/mol. The Morgan fingerprint density at radius 1 is 1.31 bits per heavy atom. The van der Waals surface area contributed by atoms with E-state index in [1.165, 1.54) is 19.3 Å². The zero-order valence-corrected chi connectivity index (χ0v) is 10.7. The SMILES string of the molecule is CC(CO)[C@H]1CCC2(C)[C@H]3CC4C(C13)[C@@]42C. The van der Waals surface area contributed by atoms with Crippen LogP contribution in [0.2, 0.25) is 0 Å². The van der Waals surface area contributed by atoms with Gasteiger partial charge in [0.15, 0.2) is 0 Å². The Labute approximate surface area is 98.6 Å². The fourth-order valence-electron chi connectivity index (χ4n) is 6.74. The molecule has 16 heavy (non-hydrogen) atoms. The highest BCUT2D eigenvalue weighted by Crippen LogP contribution is 2.91. The maximum absolute atomic E-state index is 9.44. The van der Waals surface area contributed by atoms with Crippen LogP contribution in [0, 0.1) is 46.3 Å². The number of hydrogen-bond acceptors (Lipinski definition) is 1. The van der Waals surface area contributed by atoms with Crippen molar-refractivity contribution in [3.63, 3.8) is 0 Å². The van der Waals surface area contributed by atoms with Crippen LogP contribution in [-0.2, 0) is 0 Å². The minimum atomic E-state index is 0.401. The molecule has 5 aliphatic rings. The van der Waals surface area contributed by atoms with E-state index in [-0.39, 0.29) is 0 Å². The predicted octanol–water partition coefficient (Wildman–Crippen LogP) is 2.93. The molecule has 0 amide bonds. The van der Waals surface area contributed by atoms with Crippen LogP contribution in [0.1, 0.15) is 40.0 Å². The number of hydrogen-bond donors (Lipinski definition) is 1. The van der Waals surface area contributed by atoms with E-state index in [2.05, 4.69) is 20.8 Å². The van der Waals surface area contributed by atoms with Gasteiger partial charge in [0.25, 0.3) is 0 Å². The minimum absolute atomic E-state index is 0.401. The second kappa shape index (κ2) is 2.53. The van der Waals surface area contributed by atoms with Gasteiger partial charge in [-0.3, -0.25) is 0 Å². The monoisotopic (exact) mass is 220 g/mol. The van der Waals surface area contributed by atoms with Gasteiger partial charge in [0.05, 0.1) is 0 Å². The van der Waals surface area contributed by atoms with Gasteiger partial charge >= 0.3 is 0 Å². The van der Waals surface area contributed by atoms with E-state index in [0.29, 0.717) is 23.4 Å². The normalized spacial score (nSPS) is 67.1. The molecule has 5 fully saturated rings. The zero-order chi connectivity index (χ0) is 11.3. The fourth-order valence-corrected chi connectivity index (χ4v) is 6.74. The van der Waals surface area contributed by atoms with Gasteiger partial charge in [-0.05, 0) is 65.6 Å². The van der Waals surface area contributed by atoms with Crippen LogP contribution in [0.15, 0.2) is 0 Å². The smallest absolute Gasteiger partial charge is 0.0459 e. The van der Waals surface area contributed by atoms with Gasteiger partial charge < -0.3 is 5.11 Å². The van der Waals surface area contributed by atoms with Crippen molar-refractivity contribution in [1.29, 1.82) is 0 Å². The summed E-state index contributed by atoms with van der Waals surface area (Å²) in [6, 6.07) is 0. The number of aliphatic hydroxyl groups excluding tert-OH is 1. The van der Waals surface area contributed by atoms with Crippen LogP contribution in [0.5, 0.6) is 0 Å². The quantitative estimate of drug-likeness (QED) is 0.758. The molecular formula is C15H24O. The minimum Gasteiger partial charge on any atom is -0.396 e. The first-order valence-electron chi connectivity index (χ1n) is 7.16. The molecule has 90 valence electrons. The Balaban J connectivity index is 1.73. The molecule has 5 unspecified atom stereocenters. The Bertz CT molecular complexity index is 351. The summed E-state index contributed by atoms with van der Waals surface area (Å²) in [6.07, 6.45) is 4.35. The summed E-state index contributed by atoms with van der Waals surface area (Å²) in [5.41, 5.74) is 1.39. The van der Waals surface area contributed by atoms with E-state index in [1.807, 2.05) is 0 Å². The molecule has 0 radical (unpaired) electrons. The van der Waals surface area contributed by atoms with Crippen LogP contribution in [0.4, 0.5) is 0 Å². The van der Waals surface area contributed by atoms with Gasteiger partial charge in [-0.25, -0.2) is 0 Å². The standard InChI is InChI=1S/C15H24O/c1-8(7-16)9-4-5-14(2)10-6-11-13(12(9)10)15(11,14)3/h8-13,16H,4-7H2,1-3H3/t8?,9-,10+,11?,12?,13?,14?,15-/m1/s1.